The minimum Gasteiger partial charge on any atom is -0.310 e. The lowest BCUT2D eigenvalue weighted by Gasteiger charge is -2.13. The first kappa shape index (κ1) is 16.0. The van der Waals surface area contributed by atoms with Gasteiger partial charge in [-0.1, -0.05) is 6.92 Å². The second kappa shape index (κ2) is 6.41. The summed E-state index contributed by atoms with van der Waals surface area (Å²) < 4.78 is 38.1. The molecule has 0 aliphatic heterocycles. The number of nitrogens with one attached hydrogen (secondary N) is 1. The fraction of sp³-hybridized carbons (Fsp3) is 0.769. The fourth-order valence-electron chi connectivity index (χ4n) is 2.39. The van der Waals surface area contributed by atoms with Crippen molar-refractivity contribution in [3.8, 4) is 0 Å². The van der Waals surface area contributed by atoms with Crippen LogP contribution in [0, 0.1) is 13.8 Å². The van der Waals surface area contributed by atoms with E-state index in [-0.39, 0.29) is 12.5 Å². The van der Waals surface area contributed by atoms with Gasteiger partial charge in [-0.3, -0.25) is 4.68 Å². The maximum Gasteiger partial charge on any atom is 0.389 e. The predicted molar refractivity (Wildman–Crippen MR) is 69.1 cm³/mol. The molecule has 3 nitrogen and oxygen atoms in total. The van der Waals surface area contributed by atoms with Crippen LogP contribution in [0.4, 0.5) is 13.2 Å². The van der Waals surface area contributed by atoms with E-state index in [9.17, 15) is 13.2 Å². The van der Waals surface area contributed by atoms with Crippen molar-refractivity contribution in [1.82, 2.24) is 15.1 Å². The van der Waals surface area contributed by atoms with Crippen molar-refractivity contribution >= 4 is 0 Å². The fourth-order valence-corrected chi connectivity index (χ4v) is 2.39. The van der Waals surface area contributed by atoms with Gasteiger partial charge >= 0.3 is 6.18 Å². The van der Waals surface area contributed by atoms with Gasteiger partial charge in [0.25, 0.3) is 0 Å². The topological polar surface area (TPSA) is 29.9 Å². The van der Waals surface area contributed by atoms with E-state index < -0.39 is 12.6 Å². The van der Waals surface area contributed by atoms with Gasteiger partial charge in [-0.15, -0.1) is 0 Å². The molecule has 6 heteroatoms. The van der Waals surface area contributed by atoms with Crippen LogP contribution in [-0.2, 0) is 6.54 Å². The van der Waals surface area contributed by atoms with Crippen LogP contribution in [0.25, 0.3) is 0 Å². The Morgan fingerprint density at radius 1 is 1.32 bits per heavy atom. The van der Waals surface area contributed by atoms with E-state index >= 15 is 0 Å². The van der Waals surface area contributed by atoms with E-state index in [1.807, 2.05) is 27.7 Å². The van der Waals surface area contributed by atoms with Gasteiger partial charge in [0.2, 0.25) is 0 Å². The van der Waals surface area contributed by atoms with Gasteiger partial charge in [0.1, 0.15) is 0 Å². The Kier molecular flexibility index (Phi) is 5.40. The lowest BCUT2D eigenvalue weighted by atomic mass is 10.1. The number of hydrogen-bond donors (Lipinski definition) is 1. The van der Waals surface area contributed by atoms with Gasteiger partial charge in [-0.2, -0.15) is 18.3 Å². The molecule has 1 N–H and O–H groups in total. The summed E-state index contributed by atoms with van der Waals surface area (Å²) >= 11 is 0. The zero-order chi connectivity index (χ0) is 14.6. The van der Waals surface area contributed by atoms with Crippen LogP contribution in [0.15, 0.2) is 0 Å². The molecule has 0 spiro atoms. The van der Waals surface area contributed by atoms with Crippen molar-refractivity contribution in [2.45, 2.75) is 59.3 Å². The van der Waals surface area contributed by atoms with Crippen molar-refractivity contribution in [2.75, 3.05) is 6.54 Å². The second-order valence-electron chi connectivity index (χ2n) is 4.81. The van der Waals surface area contributed by atoms with Crippen LogP contribution in [0.2, 0.25) is 0 Å². The molecule has 0 fully saturated rings. The largest absolute Gasteiger partial charge is 0.389 e. The van der Waals surface area contributed by atoms with Crippen LogP contribution < -0.4 is 5.32 Å². The first-order chi connectivity index (χ1) is 8.76. The predicted octanol–water partition coefficient (Wildman–Crippen LogP) is 3.51. The van der Waals surface area contributed by atoms with Gasteiger partial charge in [-0.25, -0.2) is 0 Å². The Morgan fingerprint density at radius 2 is 1.95 bits per heavy atom. The highest BCUT2D eigenvalue weighted by molar-refractivity contribution is 5.27. The maximum atomic E-state index is 12.1. The van der Waals surface area contributed by atoms with Gasteiger partial charge in [0, 0.05) is 30.3 Å². The maximum absolute atomic E-state index is 12.1. The Balaban J connectivity index is 2.73. The highest BCUT2D eigenvalue weighted by atomic mass is 19.4. The van der Waals surface area contributed by atoms with Crippen LogP contribution in [0.3, 0.4) is 0 Å². The average Bonchev–Trinajstić information content (AvgIpc) is 2.53. The molecule has 1 aromatic rings. The third-order valence-electron chi connectivity index (χ3n) is 3.21. The molecular formula is C13H22F3N3. The Hall–Kier alpha value is -1.04. The highest BCUT2D eigenvalue weighted by Gasteiger charge is 2.26. The molecule has 0 bridgehead atoms. The molecule has 0 radical (unpaired) electrons. The molecule has 0 aliphatic carbocycles. The SMILES string of the molecule is CCNC(C)c1c(C)nn(CCCC(F)(F)F)c1C. The van der Waals surface area contributed by atoms with Gasteiger partial charge in [0.15, 0.2) is 0 Å². The smallest absolute Gasteiger partial charge is 0.310 e. The summed E-state index contributed by atoms with van der Waals surface area (Å²) in [6, 6.07) is 0.168. The molecule has 0 saturated carbocycles. The molecule has 1 atom stereocenters. The third kappa shape index (κ3) is 4.53. The standard InChI is InChI=1S/C13H22F3N3/c1-5-17-9(2)12-10(3)18-19(11(12)4)8-6-7-13(14,15)16/h9,17H,5-8H2,1-4H3. The van der Waals surface area contributed by atoms with Gasteiger partial charge in [0.05, 0.1) is 5.69 Å². The summed E-state index contributed by atoms with van der Waals surface area (Å²) in [5.41, 5.74) is 2.93. The van der Waals surface area contributed by atoms with Crippen LogP contribution in [0.5, 0.6) is 0 Å². The van der Waals surface area contributed by atoms with E-state index in [1.54, 1.807) is 4.68 Å². The van der Waals surface area contributed by atoms with Crippen molar-refractivity contribution < 1.29 is 13.2 Å². The number of aryl methyl sites for hydroxylation is 2. The Bertz CT molecular complexity index is 410. The van der Waals surface area contributed by atoms with Crippen LogP contribution in [0.1, 0.15) is 49.7 Å². The minimum atomic E-state index is -4.09. The molecular weight excluding hydrogens is 255 g/mol. The zero-order valence-corrected chi connectivity index (χ0v) is 11.9. The zero-order valence-electron chi connectivity index (χ0n) is 11.9. The molecule has 19 heavy (non-hydrogen) atoms. The minimum absolute atomic E-state index is 0.0699. The Morgan fingerprint density at radius 3 is 2.47 bits per heavy atom. The monoisotopic (exact) mass is 277 g/mol. The second-order valence-corrected chi connectivity index (χ2v) is 4.81. The first-order valence-corrected chi connectivity index (χ1v) is 6.60. The van der Waals surface area contributed by atoms with E-state index in [4.69, 9.17) is 0 Å². The van der Waals surface area contributed by atoms with E-state index in [0.29, 0.717) is 6.54 Å². The van der Waals surface area contributed by atoms with E-state index in [0.717, 1.165) is 23.5 Å². The number of hydrogen-bond acceptors (Lipinski definition) is 2. The van der Waals surface area contributed by atoms with Crippen LogP contribution in [-0.4, -0.2) is 22.5 Å². The molecule has 0 amide bonds. The highest BCUT2D eigenvalue weighted by Crippen LogP contribution is 2.24. The summed E-state index contributed by atoms with van der Waals surface area (Å²) in [5.74, 6) is 0. The molecule has 0 aromatic carbocycles. The van der Waals surface area contributed by atoms with Crippen LogP contribution >= 0.6 is 0 Å². The summed E-state index contributed by atoms with van der Waals surface area (Å²) in [6.07, 6.45) is -4.78. The van der Waals surface area contributed by atoms with Crippen molar-refractivity contribution in [3.05, 3.63) is 17.0 Å². The summed E-state index contributed by atoms with van der Waals surface area (Å²) in [7, 11) is 0. The summed E-state index contributed by atoms with van der Waals surface area (Å²) in [6.45, 7) is 9.03. The lowest BCUT2D eigenvalue weighted by molar-refractivity contribution is -0.136. The van der Waals surface area contributed by atoms with E-state index in [2.05, 4.69) is 10.4 Å². The number of alkyl halides is 3. The molecule has 1 heterocycles. The summed E-state index contributed by atoms with van der Waals surface area (Å²) in [5, 5.41) is 7.65. The first-order valence-electron chi connectivity index (χ1n) is 6.60. The Labute approximate surface area is 112 Å². The lowest BCUT2D eigenvalue weighted by Crippen LogP contribution is -2.19. The number of rotatable bonds is 6. The average molecular weight is 277 g/mol. The van der Waals surface area contributed by atoms with Gasteiger partial charge in [-0.05, 0) is 33.7 Å². The molecule has 0 saturated heterocycles. The molecule has 1 rings (SSSR count). The van der Waals surface area contributed by atoms with Crippen molar-refractivity contribution in [1.29, 1.82) is 0 Å². The number of nitrogens with zero attached hydrogens (tertiary/aromatic N) is 2. The quantitative estimate of drug-likeness (QED) is 0.862. The van der Waals surface area contributed by atoms with E-state index in [1.165, 1.54) is 0 Å². The molecule has 1 aromatic heterocycles. The molecule has 0 aliphatic rings. The van der Waals surface area contributed by atoms with Crippen molar-refractivity contribution in [3.63, 3.8) is 0 Å². The normalized spacial score (nSPS) is 13.8. The molecule has 110 valence electrons. The molecule has 1 unspecified atom stereocenters. The van der Waals surface area contributed by atoms with Gasteiger partial charge < -0.3 is 5.32 Å². The number of halogens is 3. The summed E-state index contributed by atoms with van der Waals surface area (Å²) in [4.78, 5) is 0. The van der Waals surface area contributed by atoms with Crippen molar-refractivity contribution in [2.24, 2.45) is 0 Å². The third-order valence-corrected chi connectivity index (χ3v) is 3.21. The number of aromatic nitrogens is 2.